The lowest BCUT2D eigenvalue weighted by atomic mass is 9.72. The van der Waals surface area contributed by atoms with Crippen molar-refractivity contribution in [1.29, 1.82) is 0 Å². The van der Waals surface area contributed by atoms with Crippen LogP contribution in [0.5, 0.6) is 0 Å². The van der Waals surface area contributed by atoms with Gasteiger partial charge in [-0.15, -0.1) is 0 Å². The first-order chi connectivity index (χ1) is 18.4. The summed E-state index contributed by atoms with van der Waals surface area (Å²) >= 11 is 0. The number of fused-ring (bicyclic) bond motifs is 1. The Bertz CT molecular complexity index is 1510. The second kappa shape index (κ2) is 10.2. The zero-order valence-corrected chi connectivity index (χ0v) is 20.9. The van der Waals surface area contributed by atoms with Gasteiger partial charge in [-0.1, -0.05) is 66.7 Å². The van der Waals surface area contributed by atoms with Gasteiger partial charge in [0.05, 0.1) is 25.3 Å². The molecule has 192 valence electrons. The summed E-state index contributed by atoms with van der Waals surface area (Å²) in [5.74, 6) is -1.94. The molecule has 0 aliphatic carbocycles. The number of aliphatic hydroxyl groups is 1. The number of hydrogen-bond donors (Lipinski definition) is 1. The van der Waals surface area contributed by atoms with Gasteiger partial charge in [0.1, 0.15) is 0 Å². The van der Waals surface area contributed by atoms with Gasteiger partial charge in [0.15, 0.2) is 17.7 Å². The second-order valence-corrected chi connectivity index (χ2v) is 9.17. The fourth-order valence-corrected chi connectivity index (χ4v) is 5.18. The maximum Gasteiger partial charge on any atom is 0.337 e. The van der Waals surface area contributed by atoms with Crippen molar-refractivity contribution in [3.63, 3.8) is 0 Å². The Hall–Kier alpha value is -4.33. The predicted octanol–water partition coefficient (Wildman–Crippen LogP) is 5.01. The van der Waals surface area contributed by atoms with Gasteiger partial charge in [-0.25, -0.2) is 9.59 Å². The summed E-state index contributed by atoms with van der Waals surface area (Å²) in [6.07, 6.45) is -1.02. The first kappa shape index (κ1) is 25.3. The monoisotopic (exact) mass is 510 g/mol. The third-order valence-corrected chi connectivity index (χ3v) is 7.07. The Morgan fingerprint density at radius 2 is 1.32 bits per heavy atom. The molecule has 5 rings (SSSR count). The van der Waals surface area contributed by atoms with Gasteiger partial charge in [-0.2, -0.15) is 0 Å². The largest absolute Gasteiger partial charge is 0.465 e. The van der Waals surface area contributed by atoms with Crippen molar-refractivity contribution in [3.8, 4) is 0 Å². The molecular formula is C31H26O7. The van der Waals surface area contributed by atoms with E-state index in [9.17, 15) is 19.5 Å². The second-order valence-electron chi connectivity index (χ2n) is 9.17. The number of carbonyl (C=O) groups excluding carboxylic acids is 3. The van der Waals surface area contributed by atoms with E-state index in [-0.39, 0.29) is 12.2 Å². The molecule has 1 N–H and O–H groups in total. The number of esters is 2. The Kier molecular flexibility index (Phi) is 6.80. The number of rotatable bonds is 6. The van der Waals surface area contributed by atoms with Gasteiger partial charge in [-0.3, -0.25) is 4.79 Å². The van der Waals surface area contributed by atoms with Crippen molar-refractivity contribution < 1.29 is 33.7 Å². The summed E-state index contributed by atoms with van der Waals surface area (Å²) in [7, 11) is 2.59. The summed E-state index contributed by atoms with van der Waals surface area (Å²) in [4.78, 5) is 38.3. The van der Waals surface area contributed by atoms with E-state index < -0.39 is 29.7 Å². The minimum absolute atomic E-state index is 0.184. The van der Waals surface area contributed by atoms with Crippen LogP contribution in [0.4, 0.5) is 0 Å². The summed E-state index contributed by atoms with van der Waals surface area (Å²) in [6.45, 7) is 0. The molecule has 0 aromatic heterocycles. The number of Topliss-reactive ketones (excluding diaryl/α,β-unsaturated/α-hetero) is 1. The van der Waals surface area contributed by atoms with Gasteiger partial charge in [0.25, 0.3) is 0 Å². The van der Waals surface area contributed by atoms with E-state index >= 15 is 0 Å². The molecule has 4 aromatic rings. The van der Waals surface area contributed by atoms with Crippen molar-refractivity contribution >= 4 is 28.5 Å². The van der Waals surface area contributed by atoms with Gasteiger partial charge in [0.2, 0.25) is 0 Å². The average molecular weight is 511 g/mol. The summed E-state index contributed by atoms with van der Waals surface area (Å²) in [5.41, 5.74) is 0.651. The lowest BCUT2D eigenvalue weighted by molar-refractivity contribution is -0.125. The third kappa shape index (κ3) is 4.36. The number of ketones is 1. The van der Waals surface area contributed by atoms with Crippen LogP contribution in [0.1, 0.15) is 54.5 Å². The minimum atomic E-state index is -1.59. The van der Waals surface area contributed by atoms with E-state index in [1.807, 2.05) is 42.5 Å². The summed E-state index contributed by atoms with van der Waals surface area (Å²) in [6, 6.07) is 26.4. The molecule has 7 heteroatoms. The van der Waals surface area contributed by atoms with E-state index in [2.05, 4.69) is 0 Å². The highest BCUT2D eigenvalue weighted by Crippen LogP contribution is 2.51. The van der Waals surface area contributed by atoms with Gasteiger partial charge in [0, 0.05) is 17.9 Å². The average Bonchev–Trinajstić information content (AvgIpc) is 3.33. The Balaban J connectivity index is 1.67. The molecular weight excluding hydrogens is 484 g/mol. The highest BCUT2D eigenvalue weighted by Gasteiger charge is 2.55. The molecule has 4 aromatic carbocycles. The van der Waals surface area contributed by atoms with Crippen LogP contribution in [-0.2, 0) is 19.8 Å². The molecule has 3 atom stereocenters. The number of hydrogen-bond acceptors (Lipinski definition) is 7. The zero-order valence-electron chi connectivity index (χ0n) is 20.9. The molecule has 1 heterocycles. The fraction of sp³-hybridized carbons (Fsp3) is 0.194. The van der Waals surface area contributed by atoms with Gasteiger partial charge >= 0.3 is 11.9 Å². The van der Waals surface area contributed by atoms with Crippen molar-refractivity contribution in [2.75, 3.05) is 14.2 Å². The van der Waals surface area contributed by atoms with Crippen LogP contribution in [0, 0.1) is 0 Å². The lowest BCUT2D eigenvalue weighted by Crippen LogP contribution is -2.41. The van der Waals surface area contributed by atoms with E-state index in [0.29, 0.717) is 22.3 Å². The number of carbonyl (C=O) groups is 3. The molecule has 1 aliphatic rings. The Labute approximate surface area is 219 Å². The number of ether oxygens (including phenoxy) is 3. The zero-order chi connectivity index (χ0) is 26.9. The Morgan fingerprint density at radius 3 is 1.92 bits per heavy atom. The first-order valence-electron chi connectivity index (χ1n) is 12.1. The molecule has 1 saturated heterocycles. The van der Waals surface area contributed by atoms with Gasteiger partial charge < -0.3 is 19.3 Å². The van der Waals surface area contributed by atoms with Crippen LogP contribution < -0.4 is 0 Å². The van der Waals surface area contributed by atoms with Crippen molar-refractivity contribution in [2.45, 2.75) is 24.2 Å². The van der Waals surface area contributed by atoms with Crippen LogP contribution in [0.15, 0.2) is 91.0 Å². The Morgan fingerprint density at radius 1 is 0.763 bits per heavy atom. The van der Waals surface area contributed by atoms with Gasteiger partial charge in [-0.05, 0) is 46.2 Å². The standard InChI is InChI=1S/C31H26O7/c1-36-29(34)21-10-8-20(9-11-21)28(33)31(25-15-13-22(14-16-25)30(35)37-2)26(18-27(32)38-31)24-12-7-19-5-3-4-6-23(19)17-24/h3-17,26-27,32H,18H2,1-2H3/t26-,27-,31-/m0/s1. The summed E-state index contributed by atoms with van der Waals surface area (Å²) in [5, 5.41) is 12.8. The van der Waals surface area contributed by atoms with Crippen molar-refractivity contribution in [2.24, 2.45) is 0 Å². The van der Waals surface area contributed by atoms with E-state index in [1.54, 1.807) is 36.4 Å². The highest BCUT2D eigenvalue weighted by molar-refractivity contribution is 6.05. The lowest BCUT2D eigenvalue weighted by Gasteiger charge is -2.34. The molecule has 0 spiro atoms. The SMILES string of the molecule is COC(=O)c1ccc(C(=O)[C@@]2(c3ccc(C(=O)OC)cc3)O[C@H](O)C[C@H]2c2ccc3ccccc3c2)cc1. The van der Waals surface area contributed by atoms with Crippen LogP contribution in [0.3, 0.4) is 0 Å². The molecule has 7 nitrogen and oxygen atoms in total. The third-order valence-electron chi connectivity index (χ3n) is 7.07. The topological polar surface area (TPSA) is 99.1 Å². The maximum atomic E-state index is 14.3. The van der Waals surface area contributed by atoms with Crippen LogP contribution in [-0.4, -0.2) is 43.3 Å². The number of benzene rings is 4. The summed E-state index contributed by atoms with van der Waals surface area (Å²) < 4.78 is 15.7. The van der Waals surface area contributed by atoms with Crippen LogP contribution in [0.2, 0.25) is 0 Å². The quantitative estimate of drug-likeness (QED) is 0.287. The molecule has 1 aliphatic heterocycles. The number of aliphatic hydroxyl groups excluding tert-OH is 1. The van der Waals surface area contributed by atoms with E-state index in [4.69, 9.17) is 14.2 Å². The molecule has 0 unspecified atom stereocenters. The molecule has 0 amide bonds. The maximum absolute atomic E-state index is 14.3. The smallest absolute Gasteiger partial charge is 0.337 e. The highest BCUT2D eigenvalue weighted by atomic mass is 16.6. The molecule has 38 heavy (non-hydrogen) atoms. The van der Waals surface area contributed by atoms with E-state index in [1.165, 1.54) is 26.4 Å². The number of methoxy groups -OCH3 is 2. The molecule has 0 radical (unpaired) electrons. The van der Waals surface area contributed by atoms with E-state index in [0.717, 1.165) is 16.3 Å². The van der Waals surface area contributed by atoms with Crippen LogP contribution >= 0.6 is 0 Å². The predicted molar refractivity (Wildman–Crippen MR) is 140 cm³/mol. The molecule has 0 bridgehead atoms. The fourth-order valence-electron chi connectivity index (χ4n) is 5.18. The van der Waals surface area contributed by atoms with Crippen LogP contribution in [0.25, 0.3) is 10.8 Å². The van der Waals surface area contributed by atoms with Crippen molar-refractivity contribution in [1.82, 2.24) is 0 Å². The molecule has 1 fully saturated rings. The van der Waals surface area contributed by atoms with Crippen molar-refractivity contribution in [3.05, 3.63) is 119 Å². The normalized spacial score (nSPS) is 20.7. The minimum Gasteiger partial charge on any atom is -0.465 e. The first-order valence-corrected chi connectivity index (χ1v) is 12.1. The molecule has 0 saturated carbocycles.